The van der Waals surface area contributed by atoms with Crippen LogP contribution >= 0.6 is 11.6 Å². The molecule has 8 heteroatoms. The van der Waals surface area contributed by atoms with E-state index in [1.165, 1.54) is 18.2 Å². The molecule has 186 valence electrons. The third-order valence-electron chi connectivity index (χ3n) is 6.76. The van der Waals surface area contributed by atoms with Crippen molar-refractivity contribution in [3.05, 3.63) is 70.0 Å². The number of likely N-dealkylation sites (tertiary alicyclic amines) is 1. The minimum absolute atomic E-state index is 0.0632. The second kappa shape index (κ2) is 10.3. The quantitative estimate of drug-likeness (QED) is 0.558. The first kappa shape index (κ1) is 26.7. The van der Waals surface area contributed by atoms with Crippen molar-refractivity contribution in [2.45, 2.75) is 52.1 Å². The molecule has 2 aromatic carbocycles. The van der Waals surface area contributed by atoms with Gasteiger partial charge in [-0.15, -0.1) is 0 Å². The first-order chi connectivity index (χ1) is 16.4. The third kappa shape index (κ3) is 5.83. The average molecular weight is 500 g/mol. The van der Waals surface area contributed by atoms with Crippen LogP contribution < -0.4 is 5.32 Å². The largest absolute Gasteiger partial charge is 0.478 e. The molecule has 6 nitrogen and oxygen atoms in total. The second-order valence-electron chi connectivity index (χ2n) is 10.5. The summed E-state index contributed by atoms with van der Waals surface area (Å²) in [6.07, 6.45) is 0.682. The van der Waals surface area contributed by atoms with Crippen LogP contribution in [0.25, 0.3) is 0 Å². The summed E-state index contributed by atoms with van der Waals surface area (Å²) < 4.78 is 15.1. The van der Waals surface area contributed by atoms with Gasteiger partial charge in [0.1, 0.15) is 11.2 Å². The fraction of sp³-hybridized carbons (Fsp3) is 0.444. The molecule has 1 unspecified atom stereocenters. The highest BCUT2D eigenvalue weighted by atomic mass is 35.5. The van der Waals surface area contributed by atoms with Crippen LogP contribution in [0.5, 0.6) is 0 Å². The van der Waals surface area contributed by atoms with Crippen LogP contribution in [0.3, 0.4) is 0 Å². The Morgan fingerprint density at radius 2 is 1.91 bits per heavy atom. The van der Waals surface area contributed by atoms with Crippen LogP contribution in [0.4, 0.5) is 4.39 Å². The van der Waals surface area contributed by atoms with Crippen LogP contribution in [0.2, 0.25) is 5.02 Å². The van der Waals surface area contributed by atoms with Gasteiger partial charge in [0.2, 0.25) is 5.91 Å². The van der Waals surface area contributed by atoms with Gasteiger partial charge in [0.05, 0.1) is 18.2 Å². The number of amides is 1. The summed E-state index contributed by atoms with van der Waals surface area (Å²) in [5.41, 5.74) is 0.0359. The number of halogens is 2. The number of carboxylic acid groups (broad SMARTS) is 1. The molecule has 35 heavy (non-hydrogen) atoms. The average Bonchev–Trinajstić information content (AvgIpc) is 3.02. The lowest BCUT2D eigenvalue weighted by molar-refractivity contribution is -0.122. The molecule has 3 atom stereocenters. The summed E-state index contributed by atoms with van der Waals surface area (Å²) in [4.78, 5) is 25.8. The monoisotopic (exact) mass is 499 g/mol. The molecule has 1 aliphatic rings. The van der Waals surface area contributed by atoms with Crippen LogP contribution in [-0.4, -0.2) is 41.0 Å². The first-order valence-corrected chi connectivity index (χ1v) is 11.9. The SMILES string of the molecule is C[C@H]1N(CC(=O)NCc2ccc(C(=O)O)cc2)C[C@@H](CC(C)(C)C)C1(C#N)c1ccc(Cl)cc1F. The molecule has 0 radical (unpaired) electrons. The second-order valence-corrected chi connectivity index (χ2v) is 10.9. The highest BCUT2D eigenvalue weighted by Crippen LogP contribution is 2.49. The van der Waals surface area contributed by atoms with Crippen molar-refractivity contribution in [3.8, 4) is 6.07 Å². The summed E-state index contributed by atoms with van der Waals surface area (Å²) in [5.74, 6) is -1.93. The van der Waals surface area contributed by atoms with Crippen molar-refractivity contribution >= 4 is 23.5 Å². The van der Waals surface area contributed by atoms with Crippen LogP contribution in [0.15, 0.2) is 42.5 Å². The molecule has 1 amide bonds. The fourth-order valence-electron chi connectivity index (χ4n) is 5.10. The molecular weight excluding hydrogens is 469 g/mol. The molecule has 0 saturated carbocycles. The Morgan fingerprint density at radius 3 is 2.46 bits per heavy atom. The minimum Gasteiger partial charge on any atom is -0.478 e. The molecule has 1 heterocycles. The summed E-state index contributed by atoms with van der Waals surface area (Å²) in [6.45, 7) is 8.93. The Morgan fingerprint density at radius 1 is 1.26 bits per heavy atom. The summed E-state index contributed by atoms with van der Waals surface area (Å²) in [6, 6.07) is 12.8. The van der Waals surface area contributed by atoms with Gasteiger partial charge in [-0.1, -0.05) is 50.6 Å². The number of carboxylic acids is 1. The number of nitrogens with one attached hydrogen (secondary N) is 1. The molecule has 1 fully saturated rings. The van der Waals surface area contributed by atoms with Gasteiger partial charge >= 0.3 is 5.97 Å². The van der Waals surface area contributed by atoms with Gasteiger partial charge in [-0.05, 0) is 54.5 Å². The number of benzene rings is 2. The number of hydrogen-bond acceptors (Lipinski definition) is 4. The maximum absolute atomic E-state index is 15.1. The van der Waals surface area contributed by atoms with E-state index in [1.54, 1.807) is 24.3 Å². The van der Waals surface area contributed by atoms with Gasteiger partial charge < -0.3 is 10.4 Å². The zero-order valence-electron chi connectivity index (χ0n) is 20.4. The zero-order valence-corrected chi connectivity index (χ0v) is 21.2. The molecule has 3 rings (SSSR count). The van der Waals surface area contributed by atoms with Crippen molar-refractivity contribution in [1.29, 1.82) is 5.26 Å². The lowest BCUT2D eigenvalue weighted by Gasteiger charge is -2.36. The number of carbonyl (C=O) groups is 2. The summed E-state index contributed by atoms with van der Waals surface area (Å²) in [7, 11) is 0. The molecule has 0 bridgehead atoms. The van der Waals surface area contributed by atoms with E-state index >= 15 is 4.39 Å². The summed E-state index contributed by atoms with van der Waals surface area (Å²) >= 11 is 5.98. The highest BCUT2D eigenvalue weighted by Gasteiger charge is 2.55. The van der Waals surface area contributed by atoms with Gasteiger partial charge in [0, 0.05) is 29.7 Å². The molecule has 1 aliphatic heterocycles. The van der Waals surface area contributed by atoms with Gasteiger partial charge in [0.15, 0.2) is 0 Å². The normalized spacial score (nSPS) is 22.5. The van der Waals surface area contributed by atoms with Crippen LogP contribution in [0.1, 0.15) is 55.6 Å². The number of nitrogens with zero attached hydrogens (tertiary/aromatic N) is 2. The third-order valence-corrected chi connectivity index (χ3v) is 7.00. The van der Waals surface area contributed by atoms with Crippen molar-refractivity contribution in [3.63, 3.8) is 0 Å². The molecular formula is C27H31ClFN3O3. The lowest BCUT2D eigenvalue weighted by atomic mass is 9.65. The Kier molecular flexibility index (Phi) is 7.88. The molecule has 2 N–H and O–H groups in total. The smallest absolute Gasteiger partial charge is 0.335 e. The van der Waals surface area contributed by atoms with Gasteiger partial charge in [-0.3, -0.25) is 9.69 Å². The molecule has 2 aromatic rings. The lowest BCUT2D eigenvalue weighted by Crippen LogP contribution is -2.45. The van der Waals surface area contributed by atoms with E-state index < -0.39 is 23.2 Å². The highest BCUT2D eigenvalue weighted by molar-refractivity contribution is 6.30. The predicted octanol–water partition coefficient (Wildman–Crippen LogP) is 5.01. The van der Waals surface area contributed by atoms with Gasteiger partial charge in [-0.25, -0.2) is 9.18 Å². The van der Waals surface area contributed by atoms with Gasteiger partial charge in [0.25, 0.3) is 0 Å². The zero-order chi connectivity index (χ0) is 26.0. The number of hydrogen-bond donors (Lipinski definition) is 2. The first-order valence-electron chi connectivity index (χ1n) is 11.6. The van der Waals surface area contributed by atoms with Crippen LogP contribution in [-0.2, 0) is 16.8 Å². The minimum atomic E-state index is -1.13. The predicted molar refractivity (Wildman–Crippen MR) is 133 cm³/mol. The molecule has 0 spiro atoms. The van der Waals surface area contributed by atoms with E-state index in [1.807, 2.05) is 11.8 Å². The number of aromatic carboxylic acids is 1. The van der Waals surface area contributed by atoms with Crippen molar-refractivity contribution in [2.24, 2.45) is 11.3 Å². The van der Waals surface area contributed by atoms with E-state index in [-0.39, 0.29) is 40.9 Å². The van der Waals surface area contributed by atoms with E-state index in [9.17, 15) is 14.9 Å². The van der Waals surface area contributed by atoms with Crippen LogP contribution in [0, 0.1) is 28.5 Å². The molecule has 0 aromatic heterocycles. The molecule has 0 aliphatic carbocycles. The number of nitriles is 1. The Bertz CT molecular complexity index is 1140. The Hall–Kier alpha value is -2.95. The maximum Gasteiger partial charge on any atom is 0.335 e. The Labute approximate surface area is 210 Å². The summed E-state index contributed by atoms with van der Waals surface area (Å²) in [5, 5.41) is 22.6. The van der Waals surface area contributed by atoms with E-state index in [0.29, 0.717) is 18.5 Å². The van der Waals surface area contributed by atoms with Crippen molar-refractivity contribution in [2.75, 3.05) is 13.1 Å². The van der Waals surface area contributed by atoms with Crippen molar-refractivity contribution in [1.82, 2.24) is 10.2 Å². The number of carbonyl (C=O) groups excluding carboxylic acids is 1. The standard InChI is InChI=1S/C27H31ClFN3O3/c1-17-27(16-30,22-10-9-21(28)11-23(22)29)20(12-26(2,3)4)14-32(17)15-24(33)31-13-18-5-7-19(8-6-18)25(34)35/h5-11,17,20H,12-15H2,1-4H3,(H,31,33)(H,34,35)/t17-,20-,27?/m1/s1. The maximum atomic E-state index is 15.1. The van der Waals surface area contributed by atoms with E-state index in [2.05, 4.69) is 32.2 Å². The van der Waals surface area contributed by atoms with Crippen molar-refractivity contribution < 1.29 is 19.1 Å². The molecule has 1 saturated heterocycles. The van der Waals surface area contributed by atoms with E-state index in [4.69, 9.17) is 16.7 Å². The topological polar surface area (TPSA) is 93.4 Å². The Balaban J connectivity index is 1.80. The fourth-order valence-corrected chi connectivity index (χ4v) is 5.26. The number of rotatable bonds is 7. The van der Waals surface area contributed by atoms with Gasteiger partial charge in [-0.2, -0.15) is 5.26 Å². The van der Waals surface area contributed by atoms with E-state index in [0.717, 1.165) is 5.56 Å².